The molecule has 1 aromatic carbocycles. The van der Waals surface area contributed by atoms with Crippen molar-refractivity contribution in [3.8, 4) is 0 Å². The van der Waals surface area contributed by atoms with Crippen LogP contribution in [-0.2, 0) is 10.0 Å². The summed E-state index contributed by atoms with van der Waals surface area (Å²) >= 11 is 1.41. The lowest BCUT2D eigenvalue weighted by Crippen LogP contribution is -2.31. The van der Waals surface area contributed by atoms with Crippen LogP contribution in [0.5, 0.6) is 0 Å². The molecule has 22 heavy (non-hydrogen) atoms. The smallest absolute Gasteiger partial charge is 0.242 e. The summed E-state index contributed by atoms with van der Waals surface area (Å²) in [5.74, 6) is 0.357. The fourth-order valence-electron chi connectivity index (χ4n) is 2.12. The maximum atomic E-state index is 12.5. The van der Waals surface area contributed by atoms with E-state index in [0.717, 1.165) is 10.4 Å². The Bertz CT molecular complexity index is 692. The minimum atomic E-state index is -3.59. The van der Waals surface area contributed by atoms with Gasteiger partial charge in [0.2, 0.25) is 10.0 Å². The van der Waals surface area contributed by atoms with Gasteiger partial charge in [0.1, 0.15) is 6.10 Å². The summed E-state index contributed by atoms with van der Waals surface area (Å²) < 4.78 is 26.3. The Morgan fingerprint density at radius 2 is 1.82 bits per heavy atom. The number of rotatable bonds is 6. The molecule has 1 atom stereocenters. The number of thiophene rings is 1. The van der Waals surface area contributed by atoms with Crippen molar-refractivity contribution in [3.05, 3.63) is 52.2 Å². The van der Waals surface area contributed by atoms with Gasteiger partial charge in [0, 0.05) is 18.5 Å². The van der Waals surface area contributed by atoms with Crippen LogP contribution < -0.4 is 0 Å². The van der Waals surface area contributed by atoms with E-state index in [9.17, 15) is 13.5 Å². The first-order chi connectivity index (χ1) is 10.3. The van der Waals surface area contributed by atoms with Crippen LogP contribution in [-0.4, -0.2) is 31.4 Å². The second-order valence-corrected chi connectivity index (χ2v) is 8.56. The van der Waals surface area contributed by atoms with Crippen LogP contribution in [0.2, 0.25) is 0 Å². The summed E-state index contributed by atoms with van der Waals surface area (Å²) in [6.07, 6.45) is -0.810. The van der Waals surface area contributed by atoms with Crippen LogP contribution in [0.15, 0.2) is 46.7 Å². The summed E-state index contributed by atoms with van der Waals surface area (Å²) in [6, 6.07) is 10.6. The van der Waals surface area contributed by atoms with Crippen molar-refractivity contribution < 1.29 is 13.5 Å². The Balaban J connectivity index is 2.15. The molecular formula is C16H21NO3S2. The maximum absolute atomic E-state index is 12.5. The number of likely N-dealkylation sites (N-methyl/N-ethyl adjacent to an activating group) is 1. The van der Waals surface area contributed by atoms with Gasteiger partial charge in [-0.15, -0.1) is 11.3 Å². The van der Waals surface area contributed by atoms with Gasteiger partial charge in [-0.3, -0.25) is 0 Å². The van der Waals surface area contributed by atoms with Gasteiger partial charge in [-0.05, 0) is 35.1 Å². The molecule has 0 bridgehead atoms. The third-order valence-corrected chi connectivity index (χ3v) is 6.37. The van der Waals surface area contributed by atoms with Gasteiger partial charge in [0.25, 0.3) is 0 Å². The molecule has 6 heteroatoms. The van der Waals surface area contributed by atoms with E-state index in [4.69, 9.17) is 0 Å². The van der Waals surface area contributed by atoms with Crippen LogP contribution in [0.25, 0.3) is 0 Å². The SMILES string of the molecule is CC(C)c1ccc(S(=O)(=O)N(C)CC(O)c2cccs2)cc1. The van der Waals surface area contributed by atoms with Gasteiger partial charge in [0.15, 0.2) is 0 Å². The highest BCUT2D eigenvalue weighted by Gasteiger charge is 2.24. The Morgan fingerprint density at radius 3 is 2.32 bits per heavy atom. The summed E-state index contributed by atoms with van der Waals surface area (Å²) in [7, 11) is -2.10. The number of sulfonamides is 1. The standard InChI is InChI=1S/C16H21NO3S2/c1-12(2)13-6-8-14(9-7-13)22(19,20)17(3)11-15(18)16-5-4-10-21-16/h4-10,12,15,18H,11H2,1-3H3. The fraction of sp³-hybridized carbons (Fsp3) is 0.375. The lowest BCUT2D eigenvalue weighted by molar-refractivity contribution is 0.158. The van der Waals surface area contributed by atoms with Crippen molar-refractivity contribution in [3.63, 3.8) is 0 Å². The highest BCUT2D eigenvalue weighted by atomic mass is 32.2. The van der Waals surface area contributed by atoms with E-state index in [1.165, 1.54) is 22.7 Å². The lowest BCUT2D eigenvalue weighted by Gasteiger charge is -2.20. The number of hydrogen-bond acceptors (Lipinski definition) is 4. The predicted octanol–water partition coefficient (Wildman–Crippen LogP) is 3.23. The van der Waals surface area contributed by atoms with Crippen molar-refractivity contribution in [2.24, 2.45) is 0 Å². The molecule has 1 unspecified atom stereocenters. The molecule has 0 radical (unpaired) electrons. The molecule has 1 heterocycles. The third kappa shape index (κ3) is 3.76. The summed E-state index contributed by atoms with van der Waals surface area (Å²) in [5, 5.41) is 12.0. The molecule has 4 nitrogen and oxygen atoms in total. The molecule has 0 spiro atoms. The summed E-state index contributed by atoms with van der Waals surface area (Å²) in [5.41, 5.74) is 1.10. The predicted molar refractivity (Wildman–Crippen MR) is 89.6 cm³/mol. The quantitative estimate of drug-likeness (QED) is 0.879. The van der Waals surface area contributed by atoms with Crippen molar-refractivity contribution in [1.82, 2.24) is 4.31 Å². The first kappa shape index (κ1) is 17.1. The van der Waals surface area contributed by atoms with Gasteiger partial charge >= 0.3 is 0 Å². The first-order valence-electron chi connectivity index (χ1n) is 7.10. The maximum Gasteiger partial charge on any atom is 0.242 e. The largest absolute Gasteiger partial charge is 0.386 e. The minimum absolute atomic E-state index is 0.0365. The van der Waals surface area contributed by atoms with Crippen molar-refractivity contribution in [2.45, 2.75) is 30.8 Å². The van der Waals surface area contributed by atoms with Crippen molar-refractivity contribution >= 4 is 21.4 Å². The van der Waals surface area contributed by atoms with Gasteiger partial charge in [-0.1, -0.05) is 32.0 Å². The molecule has 120 valence electrons. The number of hydrogen-bond donors (Lipinski definition) is 1. The van der Waals surface area contributed by atoms with Crippen LogP contribution in [0.4, 0.5) is 0 Å². The van der Waals surface area contributed by atoms with Gasteiger partial charge in [0.05, 0.1) is 4.90 Å². The number of aliphatic hydroxyl groups is 1. The average Bonchev–Trinajstić information content (AvgIpc) is 3.01. The Kier molecular flexibility index (Phi) is 5.39. The third-order valence-electron chi connectivity index (χ3n) is 3.56. The molecule has 1 N–H and O–H groups in total. The van der Waals surface area contributed by atoms with E-state index < -0.39 is 16.1 Å². The highest BCUT2D eigenvalue weighted by molar-refractivity contribution is 7.89. The molecule has 2 rings (SSSR count). The van der Waals surface area contributed by atoms with E-state index >= 15 is 0 Å². The monoisotopic (exact) mass is 339 g/mol. The number of benzene rings is 1. The van der Waals surface area contributed by atoms with Crippen molar-refractivity contribution in [1.29, 1.82) is 0 Å². The van der Waals surface area contributed by atoms with Gasteiger partial charge in [-0.2, -0.15) is 4.31 Å². The summed E-state index contributed by atoms with van der Waals surface area (Å²) in [4.78, 5) is 1.01. The zero-order chi connectivity index (χ0) is 16.3. The molecule has 0 fully saturated rings. The highest BCUT2D eigenvalue weighted by Crippen LogP contribution is 2.23. The molecule has 0 amide bonds. The lowest BCUT2D eigenvalue weighted by atomic mass is 10.0. The molecule has 0 aliphatic rings. The van der Waals surface area contributed by atoms with Crippen LogP contribution >= 0.6 is 11.3 Å². The Labute approximate surface area is 136 Å². The Hall–Kier alpha value is -1.21. The molecule has 2 aromatic rings. The second-order valence-electron chi connectivity index (χ2n) is 5.54. The topological polar surface area (TPSA) is 57.6 Å². The summed E-state index contributed by atoms with van der Waals surface area (Å²) in [6.45, 7) is 4.16. The molecule has 0 saturated carbocycles. The van der Waals surface area contributed by atoms with E-state index in [2.05, 4.69) is 13.8 Å². The zero-order valence-electron chi connectivity index (χ0n) is 12.9. The normalized spacial score (nSPS) is 13.7. The Morgan fingerprint density at radius 1 is 1.18 bits per heavy atom. The van der Waals surface area contributed by atoms with E-state index in [-0.39, 0.29) is 11.4 Å². The van der Waals surface area contributed by atoms with E-state index in [1.54, 1.807) is 18.2 Å². The molecule has 0 saturated heterocycles. The van der Waals surface area contributed by atoms with Crippen LogP contribution in [0.3, 0.4) is 0 Å². The second kappa shape index (κ2) is 6.91. The molecule has 0 aliphatic carbocycles. The first-order valence-corrected chi connectivity index (χ1v) is 9.42. The van der Waals surface area contributed by atoms with E-state index in [0.29, 0.717) is 5.92 Å². The molecule has 1 aromatic heterocycles. The number of nitrogens with zero attached hydrogens (tertiary/aromatic N) is 1. The van der Waals surface area contributed by atoms with E-state index in [1.807, 2.05) is 23.6 Å². The average molecular weight is 339 g/mol. The fourth-order valence-corrected chi connectivity index (χ4v) is 4.00. The number of aliphatic hydroxyl groups excluding tert-OH is 1. The van der Waals surface area contributed by atoms with Gasteiger partial charge < -0.3 is 5.11 Å². The minimum Gasteiger partial charge on any atom is -0.386 e. The van der Waals surface area contributed by atoms with Gasteiger partial charge in [-0.25, -0.2) is 8.42 Å². The molecular weight excluding hydrogens is 318 g/mol. The van der Waals surface area contributed by atoms with Crippen molar-refractivity contribution in [2.75, 3.05) is 13.6 Å². The zero-order valence-corrected chi connectivity index (χ0v) is 14.6. The van der Waals surface area contributed by atoms with Crippen LogP contribution in [0, 0.1) is 0 Å². The van der Waals surface area contributed by atoms with Crippen LogP contribution in [0.1, 0.15) is 36.3 Å². The molecule has 0 aliphatic heterocycles.